The van der Waals surface area contributed by atoms with Gasteiger partial charge in [-0.1, -0.05) is 137 Å². The molecule has 0 radical (unpaired) electrons. The maximum absolute atomic E-state index is 13.2. The Kier molecular flexibility index (Phi) is 34.8. The van der Waals surface area contributed by atoms with Crippen molar-refractivity contribution in [1.29, 1.82) is 0 Å². The van der Waals surface area contributed by atoms with Crippen LogP contribution in [-0.4, -0.2) is 193 Å². The number of unbranched alkanes of at least 4 members (excludes halogenated alkanes) is 9. The molecule has 19 heteroatoms. The largest absolute Gasteiger partial charge is 0.394 e. The highest BCUT2D eigenvalue weighted by Crippen LogP contribution is 2.33. The molecule has 0 aromatic carbocycles. The minimum atomic E-state index is -1.98. The summed E-state index contributed by atoms with van der Waals surface area (Å²) in [6.07, 6.45) is 19.1. The van der Waals surface area contributed by atoms with Crippen LogP contribution in [0.5, 0.6) is 0 Å². The second-order valence-corrected chi connectivity index (χ2v) is 19.3. The summed E-state index contributed by atoms with van der Waals surface area (Å²) in [5, 5.41) is 119. The Labute approximate surface area is 444 Å². The molecule has 3 aliphatic rings. The zero-order chi connectivity index (χ0) is 54.8. The monoisotopic (exact) mass is 1070 g/mol. The van der Waals surface area contributed by atoms with Crippen molar-refractivity contribution >= 4 is 5.91 Å². The Bertz CT molecular complexity index is 1700. The molecule has 17 unspecified atom stereocenters. The Morgan fingerprint density at radius 2 is 0.933 bits per heavy atom. The van der Waals surface area contributed by atoms with Gasteiger partial charge in [-0.25, -0.2) is 0 Å². The number of aliphatic hydroxyl groups is 11. The highest BCUT2D eigenvalue weighted by atomic mass is 16.8. The van der Waals surface area contributed by atoms with E-state index < -0.39 is 124 Å². The summed E-state index contributed by atoms with van der Waals surface area (Å²) >= 11 is 0. The van der Waals surface area contributed by atoms with Gasteiger partial charge in [0.05, 0.1) is 38.6 Å². The molecule has 0 bridgehead atoms. The molecule has 430 valence electrons. The first kappa shape index (κ1) is 66.3. The second-order valence-electron chi connectivity index (χ2n) is 19.3. The fourth-order valence-electron chi connectivity index (χ4n) is 8.65. The van der Waals surface area contributed by atoms with Gasteiger partial charge in [0.15, 0.2) is 18.9 Å². The lowest BCUT2D eigenvalue weighted by Gasteiger charge is -2.48. The first-order valence-corrected chi connectivity index (χ1v) is 27.3. The third-order valence-electron chi connectivity index (χ3n) is 13.2. The van der Waals surface area contributed by atoms with Crippen LogP contribution in [0, 0.1) is 0 Å². The number of hydrogen-bond donors (Lipinski definition) is 12. The van der Waals surface area contributed by atoms with Gasteiger partial charge in [-0.15, -0.1) is 0 Å². The number of aliphatic hydroxyl groups excluding tert-OH is 11. The van der Waals surface area contributed by atoms with Crippen molar-refractivity contribution in [2.75, 3.05) is 26.4 Å². The Balaban J connectivity index is 1.46. The van der Waals surface area contributed by atoms with Gasteiger partial charge in [0, 0.05) is 6.42 Å². The molecular formula is C56H93NO18. The zero-order valence-electron chi connectivity index (χ0n) is 44.2. The molecule has 3 rings (SSSR count). The lowest BCUT2D eigenvalue weighted by Crippen LogP contribution is -2.66. The predicted molar refractivity (Wildman–Crippen MR) is 281 cm³/mol. The fourth-order valence-corrected chi connectivity index (χ4v) is 8.65. The first-order chi connectivity index (χ1) is 36.3. The Hall–Kier alpha value is -3.03. The van der Waals surface area contributed by atoms with Crippen LogP contribution < -0.4 is 5.32 Å². The topological polar surface area (TPSA) is 307 Å². The van der Waals surface area contributed by atoms with Gasteiger partial charge in [-0.2, -0.15) is 0 Å². The van der Waals surface area contributed by atoms with E-state index in [0.29, 0.717) is 12.8 Å². The van der Waals surface area contributed by atoms with Crippen molar-refractivity contribution < 1.29 is 89.4 Å². The highest BCUT2D eigenvalue weighted by Gasteiger charge is 2.53. The minimum Gasteiger partial charge on any atom is -0.394 e. The summed E-state index contributed by atoms with van der Waals surface area (Å²) < 4.78 is 34.0. The summed E-state index contributed by atoms with van der Waals surface area (Å²) in [4.78, 5) is 13.2. The molecule has 3 aliphatic heterocycles. The molecule has 0 aliphatic carbocycles. The molecule has 75 heavy (non-hydrogen) atoms. The molecule has 19 nitrogen and oxygen atoms in total. The standard InChI is InChI=1S/C56H93NO18/c1-3-5-7-9-11-12-13-14-15-16-17-18-19-20-21-22-23-24-25-26-28-30-32-34-44(62)57-39(40(61)33-31-29-27-10-8-6-4-2)38-70-54-50(68)47(65)52(42(36-59)72-54)75-56-51(69)48(66)53(43(37-60)73-56)74-55-49(67)46(64)45(63)41(35-58)71-55/h5,7-8,10-12,14-15,17-18,20-21,31,33,39-43,45-56,58-61,63-69H,3-4,6,9,13,16,19,22-30,32,34-38H2,1-2H3,(H,57,62)/b7-5-,10-8+,12-11-,15-14-,18-17-,21-20-,33-31+. The summed E-state index contributed by atoms with van der Waals surface area (Å²) in [7, 11) is 0. The van der Waals surface area contributed by atoms with Crippen LogP contribution in [0.15, 0.2) is 85.1 Å². The number of nitrogens with one attached hydrogen (secondary N) is 1. The van der Waals surface area contributed by atoms with Crippen molar-refractivity contribution in [3.8, 4) is 0 Å². The lowest BCUT2D eigenvalue weighted by molar-refractivity contribution is -0.379. The van der Waals surface area contributed by atoms with Crippen molar-refractivity contribution in [3.63, 3.8) is 0 Å². The molecule has 0 spiro atoms. The van der Waals surface area contributed by atoms with E-state index in [1.165, 1.54) is 0 Å². The number of carbonyl (C=O) groups is 1. The molecule has 1 amide bonds. The normalized spacial score (nSPS) is 31.9. The molecule has 17 atom stereocenters. The van der Waals surface area contributed by atoms with Gasteiger partial charge >= 0.3 is 0 Å². The molecule has 0 aromatic rings. The highest BCUT2D eigenvalue weighted by molar-refractivity contribution is 5.76. The van der Waals surface area contributed by atoms with Gasteiger partial charge in [-0.3, -0.25) is 4.79 Å². The number of carbonyl (C=O) groups excluding carboxylic acids is 1. The van der Waals surface area contributed by atoms with Crippen LogP contribution in [0.25, 0.3) is 0 Å². The van der Waals surface area contributed by atoms with Gasteiger partial charge in [0.25, 0.3) is 0 Å². The second kappa shape index (κ2) is 39.3. The Morgan fingerprint density at radius 3 is 1.48 bits per heavy atom. The van der Waals surface area contributed by atoms with Crippen LogP contribution in [-0.2, 0) is 33.2 Å². The van der Waals surface area contributed by atoms with Crippen molar-refractivity contribution in [2.24, 2.45) is 0 Å². The van der Waals surface area contributed by atoms with Gasteiger partial charge in [-0.05, 0) is 70.6 Å². The average molecular weight is 1070 g/mol. The number of ether oxygens (including phenoxy) is 6. The number of rotatable bonds is 37. The van der Waals surface area contributed by atoms with E-state index in [1.54, 1.807) is 12.2 Å². The van der Waals surface area contributed by atoms with Crippen molar-refractivity contribution in [1.82, 2.24) is 5.32 Å². The number of allylic oxidation sites excluding steroid dienone is 13. The smallest absolute Gasteiger partial charge is 0.220 e. The van der Waals surface area contributed by atoms with Crippen molar-refractivity contribution in [3.05, 3.63) is 85.1 Å². The fraction of sp³-hybridized carbons (Fsp3) is 0.732. The number of amides is 1. The molecule has 12 N–H and O–H groups in total. The van der Waals surface area contributed by atoms with Gasteiger partial charge < -0.3 is 89.9 Å². The molecular weight excluding hydrogens is 975 g/mol. The van der Waals surface area contributed by atoms with E-state index in [2.05, 4.69) is 92.1 Å². The van der Waals surface area contributed by atoms with Crippen LogP contribution in [0.4, 0.5) is 0 Å². The summed E-state index contributed by atoms with van der Waals surface area (Å²) in [5.41, 5.74) is 0. The number of hydrogen-bond acceptors (Lipinski definition) is 18. The van der Waals surface area contributed by atoms with E-state index in [-0.39, 0.29) is 18.9 Å². The Morgan fingerprint density at radius 1 is 0.493 bits per heavy atom. The van der Waals surface area contributed by atoms with E-state index >= 15 is 0 Å². The maximum Gasteiger partial charge on any atom is 0.220 e. The molecule has 3 heterocycles. The quantitative estimate of drug-likeness (QED) is 0.0314. The van der Waals surface area contributed by atoms with Gasteiger partial charge in [0.2, 0.25) is 5.91 Å². The minimum absolute atomic E-state index is 0.216. The SMILES string of the molecule is CC/C=C\C/C=C\C/C=C\C/C=C\C/C=C\CCCCCCCCCC(=O)NC(COC1OC(CO)C(OC2OC(CO)C(OC3OC(CO)C(O)C(O)C3O)C(O)C2O)C(O)C1O)C(O)/C=C/CC/C=C/CCC. The maximum atomic E-state index is 13.2. The van der Waals surface area contributed by atoms with Crippen LogP contribution in [0.3, 0.4) is 0 Å². The molecule has 0 saturated carbocycles. The summed E-state index contributed by atoms with van der Waals surface area (Å²) in [6.45, 7) is 1.41. The summed E-state index contributed by atoms with van der Waals surface area (Å²) in [6, 6.07) is -0.998. The van der Waals surface area contributed by atoms with Crippen LogP contribution in [0.1, 0.15) is 129 Å². The average Bonchev–Trinajstić information content (AvgIpc) is 3.41. The lowest BCUT2D eigenvalue weighted by atomic mass is 9.96. The first-order valence-electron chi connectivity index (χ1n) is 27.3. The van der Waals surface area contributed by atoms with E-state index in [1.807, 2.05) is 0 Å². The summed E-state index contributed by atoms with van der Waals surface area (Å²) in [5.74, 6) is -0.308. The molecule has 0 aromatic heterocycles. The van der Waals surface area contributed by atoms with E-state index in [4.69, 9.17) is 28.4 Å². The third kappa shape index (κ3) is 24.3. The van der Waals surface area contributed by atoms with Crippen LogP contribution in [0.2, 0.25) is 0 Å². The molecule has 3 fully saturated rings. The van der Waals surface area contributed by atoms with E-state index in [9.17, 15) is 61.0 Å². The van der Waals surface area contributed by atoms with Gasteiger partial charge in [0.1, 0.15) is 73.2 Å². The van der Waals surface area contributed by atoms with E-state index in [0.717, 1.165) is 96.3 Å². The third-order valence-corrected chi connectivity index (χ3v) is 13.2. The van der Waals surface area contributed by atoms with Crippen LogP contribution >= 0.6 is 0 Å². The predicted octanol–water partition coefficient (Wildman–Crippen LogP) is 3.25. The zero-order valence-corrected chi connectivity index (χ0v) is 44.2. The van der Waals surface area contributed by atoms with Crippen molar-refractivity contribution in [2.45, 2.75) is 234 Å². The molecule has 3 saturated heterocycles.